The zero-order valence-corrected chi connectivity index (χ0v) is 18.6. The highest BCUT2D eigenvalue weighted by Crippen LogP contribution is 2.42. The number of carbonyl (C=O) groups excluding carboxylic acids is 2. The van der Waals surface area contributed by atoms with Crippen molar-refractivity contribution in [2.45, 2.75) is 26.3 Å². The number of rotatable bonds is 7. The molecule has 3 aromatic rings. The summed E-state index contributed by atoms with van der Waals surface area (Å²) in [6.45, 7) is 4.27. The lowest BCUT2D eigenvalue weighted by Crippen LogP contribution is -2.29. The number of Topliss-reactive ketones (excluding diaryl/α,β-unsaturated/α-hetero) is 1. The molecule has 1 saturated heterocycles. The number of hydrogen-bond acceptors (Lipinski definition) is 7. The van der Waals surface area contributed by atoms with Gasteiger partial charge in [-0.15, -0.1) is 0 Å². The number of aliphatic hydroxyl groups excluding tert-OH is 1. The molecule has 2 heterocycles. The van der Waals surface area contributed by atoms with Crippen LogP contribution in [0.4, 0.5) is 5.82 Å². The molecule has 0 aliphatic carbocycles. The lowest BCUT2D eigenvalue weighted by atomic mass is 9.95. The van der Waals surface area contributed by atoms with Crippen LogP contribution >= 0.6 is 0 Å². The minimum absolute atomic E-state index is 0.0452. The van der Waals surface area contributed by atoms with Crippen molar-refractivity contribution in [2.75, 3.05) is 18.6 Å². The topological polar surface area (TPSA) is 102 Å². The van der Waals surface area contributed by atoms with Gasteiger partial charge in [0.2, 0.25) is 0 Å². The molecule has 1 N–H and O–H groups in total. The number of carbonyl (C=O) groups is 2. The average molecular weight is 448 g/mol. The quantitative estimate of drug-likeness (QED) is 0.325. The summed E-state index contributed by atoms with van der Waals surface area (Å²) in [7, 11) is 1.53. The van der Waals surface area contributed by atoms with E-state index in [1.165, 1.54) is 12.0 Å². The van der Waals surface area contributed by atoms with Gasteiger partial charge in [0.1, 0.15) is 23.0 Å². The molecule has 1 aliphatic rings. The highest BCUT2D eigenvalue weighted by atomic mass is 16.5. The Kier molecular flexibility index (Phi) is 6.17. The fourth-order valence-corrected chi connectivity index (χ4v) is 3.75. The minimum Gasteiger partial charge on any atom is -0.507 e. The molecule has 1 aromatic heterocycles. The third-order valence-corrected chi connectivity index (χ3v) is 5.32. The molecule has 0 spiro atoms. The van der Waals surface area contributed by atoms with E-state index in [-0.39, 0.29) is 17.2 Å². The maximum Gasteiger partial charge on any atom is 0.301 e. The van der Waals surface area contributed by atoms with Crippen LogP contribution in [0, 0.1) is 6.92 Å². The van der Waals surface area contributed by atoms with Gasteiger partial charge in [-0.05, 0) is 55.3 Å². The molecular formula is C25H24N2O6. The number of ether oxygens (including phenoxy) is 2. The zero-order valence-electron chi connectivity index (χ0n) is 18.6. The average Bonchev–Trinajstić information content (AvgIpc) is 3.38. The molecule has 0 radical (unpaired) electrons. The number of hydrogen-bond donors (Lipinski definition) is 1. The fourth-order valence-electron chi connectivity index (χ4n) is 3.75. The lowest BCUT2D eigenvalue weighted by molar-refractivity contribution is -0.132. The van der Waals surface area contributed by atoms with Gasteiger partial charge >= 0.3 is 5.91 Å². The predicted octanol–water partition coefficient (Wildman–Crippen LogP) is 4.41. The van der Waals surface area contributed by atoms with Crippen molar-refractivity contribution in [1.29, 1.82) is 0 Å². The number of nitrogens with zero attached hydrogens (tertiary/aromatic N) is 2. The first-order chi connectivity index (χ1) is 15.9. The van der Waals surface area contributed by atoms with Crippen LogP contribution in [-0.2, 0) is 9.59 Å². The first-order valence-electron chi connectivity index (χ1n) is 10.6. The van der Waals surface area contributed by atoms with Crippen molar-refractivity contribution in [3.63, 3.8) is 0 Å². The monoisotopic (exact) mass is 448 g/mol. The van der Waals surface area contributed by atoms with E-state index in [4.69, 9.17) is 14.0 Å². The number of benzene rings is 2. The van der Waals surface area contributed by atoms with Gasteiger partial charge in [-0.1, -0.05) is 24.2 Å². The molecule has 1 unspecified atom stereocenters. The van der Waals surface area contributed by atoms with Crippen molar-refractivity contribution < 1.29 is 28.7 Å². The van der Waals surface area contributed by atoms with Crippen molar-refractivity contribution in [3.05, 3.63) is 77.1 Å². The molecular weight excluding hydrogens is 424 g/mol. The van der Waals surface area contributed by atoms with Crippen molar-refractivity contribution in [2.24, 2.45) is 0 Å². The van der Waals surface area contributed by atoms with Crippen LogP contribution in [-0.4, -0.2) is 35.7 Å². The summed E-state index contributed by atoms with van der Waals surface area (Å²) in [5.74, 6) is -0.0364. The Balaban J connectivity index is 1.85. The van der Waals surface area contributed by atoms with Crippen LogP contribution in [0.25, 0.3) is 5.76 Å². The molecule has 8 heteroatoms. The first-order valence-corrected chi connectivity index (χ1v) is 10.6. The molecule has 8 nitrogen and oxygen atoms in total. The van der Waals surface area contributed by atoms with Gasteiger partial charge in [0.25, 0.3) is 5.78 Å². The summed E-state index contributed by atoms with van der Waals surface area (Å²) in [6.07, 6.45) is 0.868. The Bertz CT molecular complexity index is 1210. The summed E-state index contributed by atoms with van der Waals surface area (Å²) in [5.41, 5.74) is 0.927. The SMILES string of the molecule is CCCOc1ccc(/C(O)=C2\C(=O)C(=O)N(c3cc(C)on3)C2c2cccc(OC)c2)cc1. The standard InChI is InChI=1S/C25H24N2O6/c1-4-12-32-18-10-8-16(9-11-18)23(28)21-22(17-6-5-7-19(14-17)31-3)27(25(30)24(21)29)20-13-15(2)33-26-20/h5-11,13-14,22,28H,4,12H2,1-3H3/b23-21+. The highest BCUT2D eigenvalue weighted by Gasteiger charge is 2.48. The van der Waals surface area contributed by atoms with Gasteiger partial charge in [-0.3, -0.25) is 14.5 Å². The molecule has 170 valence electrons. The summed E-state index contributed by atoms with van der Waals surface area (Å²) >= 11 is 0. The maximum atomic E-state index is 13.1. The third kappa shape index (κ3) is 4.19. The number of aliphatic hydroxyl groups is 1. The number of amides is 1. The summed E-state index contributed by atoms with van der Waals surface area (Å²) in [4.78, 5) is 27.4. The maximum absolute atomic E-state index is 13.1. The van der Waals surface area contributed by atoms with Crippen LogP contribution < -0.4 is 14.4 Å². The summed E-state index contributed by atoms with van der Waals surface area (Å²) < 4.78 is 16.1. The molecule has 2 aromatic carbocycles. The molecule has 1 amide bonds. The Hall–Kier alpha value is -4.07. The number of ketones is 1. The highest BCUT2D eigenvalue weighted by molar-refractivity contribution is 6.51. The van der Waals surface area contributed by atoms with Crippen molar-refractivity contribution >= 4 is 23.3 Å². The summed E-state index contributed by atoms with van der Waals surface area (Å²) in [5, 5.41) is 15.1. The van der Waals surface area contributed by atoms with Crippen LogP contribution in [0.3, 0.4) is 0 Å². The molecule has 33 heavy (non-hydrogen) atoms. The Morgan fingerprint density at radius 3 is 2.52 bits per heavy atom. The van der Waals surface area contributed by atoms with E-state index >= 15 is 0 Å². The third-order valence-electron chi connectivity index (χ3n) is 5.32. The number of anilines is 1. The molecule has 1 fully saturated rings. The van der Waals surface area contributed by atoms with Crippen LogP contribution in [0.5, 0.6) is 11.5 Å². The number of methoxy groups -OCH3 is 1. The van der Waals surface area contributed by atoms with Gasteiger partial charge in [-0.25, -0.2) is 0 Å². The molecule has 0 bridgehead atoms. The van der Waals surface area contributed by atoms with E-state index in [1.54, 1.807) is 61.5 Å². The van der Waals surface area contributed by atoms with E-state index in [0.717, 1.165) is 6.42 Å². The van der Waals surface area contributed by atoms with E-state index in [2.05, 4.69) is 5.16 Å². The first kappa shape index (κ1) is 22.1. The summed E-state index contributed by atoms with van der Waals surface area (Å²) in [6, 6.07) is 14.4. The molecule has 1 aliphatic heterocycles. The zero-order chi connectivity index (χ0) is 23.5. The number of aromatic nitrogens is 1. The van der Waals surface area contributed by atoms with E-state index in [9.17, 15) is 14.7 Å². The Morgan fingerprint density at radius 2 is 1.88 bits per heavy atom. The van der Waals surface area contributed by atoms with Crippen LogP contribution in [0.15, 0.2) is 64.7 Å². The van der Waals surface area contributed by atoms with Crippen LogP contribution in [0.1, 0.15) is 36.3 Å². The van der Waals surface area contributed by atoms with Gasteiger partial charge in [0.15, 0.2) is 5.82 Å². The van der Waals surface area contributed by atoms with Gasteiger partial charge in [0.05, 0.1) is 25.3 Å². The van der Waals surface area contributed by atoms with Gasteiger partial charge in [-0.2, -0.15) is 0 Å². The van der Waals surface area contributed by atoms with Crippen LogP contribution in [0.2, 0.25) is 0 Å². The molecule has 1 atom stereocenters. The second-order valence-electron chi connectivity index (χ2n) is 7.61. The van der Waals surface area contributed by atoms with Gasteiger partial charge in [0, 0.05) is 11.6 Å². The van der Waals surface area contributed by atoms with Crippen molar-refractivity contribution in [3.8, 4) is 11.5 Å². The number of aryl methyl sites for hydroxylation is 1. The second kappa shape index (κ2) is 9.20. The van der Waals surface area contributed by atoms with E-state index in [0.29, 0.717) is 35.0 Å². The van der Waals surface area contributed by atoms with E-state index < -0.39 is 17.7 Å². The molecule has 0 saturated carbocycles. The largest absolute Gasteiger partial charge is 0.507 e. The smallest absolute Gasteiger partial charge is 0.301 e. The lowest BCUT2D eigenvalue weighted by Gasteiger charge is -2.23. The fraction of sp³-hybridized carbons (Fsp3) is 0.240. The molecule has 4 rings (SSSR count). The minimum atomic E-state index is -0.916. The predicted molar refractivity (Wildman–Crippen MR) is 121 cm³/mol. The van der Waals surface area contributed by atoms with Gasteiger partial charge < -0.3 is 19.1 Å². The Morgan fingerprint density at radius 1 is 1.12 bits per heavy atom. The Labute approximate surface area is 191 Å². The van der Waals surface area contributed by atoms with E-state index in [1.807, 2.05) is 6.92 Å². The normalized spacial score (nSPS) is 17.4. The van der Waals surface area contributed by atoms with Crippen molar-refractivity contribution in [1.82, 2.24) is 5.16 Å². The second-order valence-corrected chi connectivity index (χ2v) is 7.61.